The normalized spacial score (nSPS) is 12.2. The summed E-state index contributed by atoms with van der Waals surface area (Å²) in [7, 11) is 0. The van der Waals surface area contributed by atoms with Gasteiger partial charge in [-0.05, 0) is 213 Å². The van der Waals surface area contributed by atoms with Gasteiger partial charge in [-0.2, -0.15) is 0 Å². The Kier molecular flexibility index (Phi) is 8.90. The maximum atomic E-state index is 6.70. The third-order valence-corrected chi connectivity index (χ3v) is 16.9. The molecule has 1 nitrogen and oxygen atoms in total. The fraction of sp³-hybridized carbons (Fsp3) is 0. The van der Waals surface area contributed by atoms with Crippen LogP contribution in [0.1, 0.15) is 0 Å². The molecule has 1 heterocycles. The monoisotopic (exact) mass is 972 g/mol. The zero-order valence-electron chi connectivity index (χ0n) is 41.8. The Balaban J connectivity index is 0.686. The van der Waals surface area contributed by atoms with Gasteiger partial charge in [0, 0.05) is 10.8 Å². The standard InChI is InChI=1S/C76H44O/c1-3-11-61-45(9-1)17-19-47-21-31-59-41-69(63-13-5-7-15-67(63)75(59)73(47)61)57-29-27-49-37-51(23-25-53(49)39-57)55-33-35-65-66-36-34-56(44-72(66)77-71(65)43-55)52-24-26-54-40-58(30-28-50(54)38-52)70-42-60-32-22-48-20-18-46-10-2-4-12-62(46)74(48)76(60)68-16-8-6-14-64(68)70/h1-44H. The molecule has 0 saturated carbocycles. The first-order valence-corrected chi connectivity index (χ1v) is 26.7. The van der Waals surface area contributed by atoms with Crippen LogP contribution in [0.25, 0.3) is 174 Å². The highest BCUT2D eigenvalue weighted by atomic mass is 16.3. The summed E-state index contributed by atoms with van der Waals surface area (Å²) in [5.41, 5.74) is 11.3. The molecule has 0 N–H and O–H groups in total. The van der Waals surface area contributed by atoms with Crippen molar-refractivity contribution in [1.29, 1.82) is 0 Å². The van der Waals surface area contributed by atoms with E-state index in [1.165, 1.54) is 141 Å². The molecule has 354 valence electrons. The maximum absolute atomic E-state index is 6.70. The smallest absolute Gasteiger partial charge is 0.136 e. The molecule has 0 bridgehead atoms. The van der Waals surface area contributed by atoms with E-state index in [2.05, 4.69) is 267 Å². The topological polar surface area (TPSA) is 13.1 Å². The van der Waals surface area contributed by atoms with Crippen molar-refractivity contribution in [3.63, 3.8) is 0 Å². The summed E-state index contributed by atoms with van der Waals surface area (Å²) < 4.78 is 6.70. The Bertz CT molecular complexity index is 5070. The minimum atomic E-state index is 0.892. The van der Waals surface area contributed by atoms with Crippen LogP contribution in [0.4, 0.5) is 0 Å². The summed E-state index contributed by atoms with van der Waals surface area (Å²) in [5.74, 6) is 0. The van der Waals surface area contributed by atoms with Crippen molar-refractivity contribution in [1.82, 2.24) is 0 Å². The molecule has 1 heteroatoms. The molecule has 17 aromatic rings. The van der Waals surface area contributed by atoms with E-state index in [0.717, 1.165) is 33.1 Å². The van der Waals surface area contributed by atoms with Crippen LogP contribution >= 0.6 is 0 Å². The van der Waals surface area contributed by atoms with Gasteiger partial charge in [-0.3, -0.25) is 0 Å². The molecule has 0 aliphatic rings. The van der Waals surface area contributed by atoms with Crippen molar-refractivity contribution in [3.05, 3.63) is 267 Å². The van der Waals surface area contributed by atoms with Gasteiger partial charge in [0.15, 0.2) is 0 Å². The molecule has 0 amide bonds. The van der Waals surface area contributed by atoms with Crippen LogP contribution in [0.3, 0.4) is 0 Å². The average molecular weight is 973 g/mol. The Morgan fingerprint density at radius 1 is 0.169 bits per heavy atom. The van der Waals surface area contributed by atoms with Crippen molar-refractivity contribution in [3.8, 4) is 44.5 Å². The number of rotatable bonds is 4. The van der Waals surface area contributed by atoms with E-state index in [1.54, 1.807) is 0 Å². The summed E-state index contributed by atoms with van der Waals surface area (Å²) in [6, 6.07) is 99.1. The van der Waals surface area contributed by atoms with Crippen molar-refractivity contribution >= 4 is 130 Å². The second-order valence-corrected chi connectivity index (χ2v) is 21.1. The number of furan rings is 1. The zero-order chi connectivity index (χ0) is 50.3. The number of benzene rings is 16. The highest BCUT2D eigenvalue weighted by molar-refractivity contribution is 6.31. The van der Waals surface area contributed by atoms with E-state index >= 15 is 0 Å². The average Bonchev–Trinajstić information content (AvgIpc) is 3.90. The molecule has 0 atom stereocenters. The maximum Gasteiger partial charge on any atom is 0.136 e. The fourth-order valence-corrected chi connectivity index (χ4v) is 13.2. The summed E-state index contributed by atoms with van der Waals surface area (Å²) in [4.78, 5) is 0. The number of fused-ring (bicyclic) bond motifs is 19. The van der Waals surface area contributed by atoms with Crippen LogP contribution in [0.2, 0.25) is 0 Å². The minimum absolute atomic E-state index is 0.892. The van der Waals surface area contributed by atoms with Gasteiger partial charge in [-0.15, -0.1) is 0 Å². The van der Waals surface area contributed by atoms with E-state index in [0.29, 0.717) is 0 Å². The van der Waals surface area contributed by atoms with Crippen molar-refractivity contribution in [2.75, 3.05) is 0 Å². The zero-order valence-corrected chi connectivity index (χ0v) is 41.8. The Labute approximate surface area is 443 Å². The van der Waals surface area contributed by atoms with E-state index in [9.17, 15) is 0 Å². The molecule has 17 rings (SSSR count). The lowest BCUT2D eigenvalue weighted by atomic mass is 9.88. The third kappa shape index (κ3) is 6.48. The summed E-state index contributed by atoms with van der Waals surface area (Å²) in [5, 5.41) is 27.7. The van der Waals surface area contributed by atoms with Crippen LogP contribution in [0.5, 0.6) is 0 Å². The second-order valence-electron chi connectivity index (χ2n) is 21.1. The third-order valence-electron chi connectivity index (χ3n) is 16.9. The molecule has 0 unspecified atom stereocenters. The van der Waals surface area contributed by atoms with Crippen molar-refractivity contribution in [2.24, 2.45) is 0 Å². The molecule has 0 spiro atoms. The molecule has 0 aliphatic carbocycles. The van der Waals surface area contributed by atoms with Gasteiger partial charge in [-0.1, -0.05) is 206 Å². The van der Waals surface area contributed by atoms with Crippen LogP contribution in [-0.4, -0.2) is 0 Å². The van der Waals surface area contributed by atoms with Gasteiger partial charge in [0.1, 0.15) is 11.2 Å². The Morgan fingerprint density at radius 2 is 0.468 bits per heavy atom. The molecule has 0 radical (unpaired) electrons. The van der Waals surface area contributed by atoms with Gasteiger partial charge in [0.2, 0.25) is 0 Å². The first kappa shape index (κ1) is 42.3. The van der Waals surface area contributed by atoms with Gasteiger partial charge in [0.25, 0.3) is 0 Å². The lowest BCUT2D eigenvalue weighted by molar-refractivity contribution is 0.669. The van der Waals surface area contributed by atoms with E-state index in [-0.39, 0.29) is 0 Å². The van der Waals surface area contributed by atoms with Gasteiger partial charge >= 0.3 is 0 Å². The first-order valence-electron chi connectivity index (χ1n) is 26.7. The van der Waals surface area contributed by atoms with Gasteiger partial charge in [-0.25, -0.2) is 0 Å². The van der Waals surface area contributed by atoms with Crippen LogP contribution in [0.15, 0.2) is 271 Å². The summed E-state index contributed by atoms with van der Waals surface area (Å²) in [6.45, 7) is 0. The van der Waals surface area contributed by atoms with Crippen molar-refractivity contribution < 1.29 is 4.42 Å². The molecular formula is C76H44O. The molecule has 77 heavy (non-hydrogen) atoms. The molecule has 0 fully saturated rings. The Morgan fingerprint density at radius 3 is 0.909 bits per heavy atom. The first-order chi connectivity index (χ1) is 38.1. The highest BCUT2D eigenvalue weighted by Gasteiger charge is 2.17. The van der Waals surface area contributed by atoms with Crippen LogP contribution in [0, 0.1) is 0 Å². The van der Waals surface area contributed by atoms with Gasteiger partial charge < -0.3 is 4.42 Å². The number of hydrogen-bond donors (Lipinski definition) is 0. The lowest BCUT2D eigenvalue weighted by Gasteiger charge is -2.15. The molecule has 0 saturated heterocycles. The summed E-state index contributed by atoms with van der Waals surface area (Å²) in [6.07, 6.45) is 0. The van der Waals surface area contributed by atoms with Gasteiger partial charge in [0.05, 0.1) is 0 Å². The van der Waals surface area contributed by atoms with E-state index < -0.39 is 0 Å². The highest BCUT2D eigenvalue weighted by Crippen LogP contribution is 2.44. The minimum Gasteiger partial charge on any atom is -0.456 e. The predicted octanol–water partition coefficient (Wildman–Crippen LogP) is 21.8. The van der Waals surface area contributed by atoms with Crippen LogP contribution in [-0.2, 0) is 0 Å². The largest absolute Gasteiger partial charge is 0.456 e. The van der Waals surface area contributed by atoms with E-state index in [1.807, 2.05) is 0 Å². The van der Waals surface area contributed by atoms with E-state index in [4.69, 9.17) is 4.42 Å². The fourth-order valence-electron chi connectivity index (χ4n) is 13.2. The summed E-state index contributed by atoms with van der Waals surface area (Å²) >= 11 is 0. The molecule has 16 aromatic carbocycles. The molecule has 1 aromatic heterocycles. The lowest BCUT2D eigenvalue weighted by Crippen LogP contribution is -1.88. The second kappa shape index (κ2) is 16.2. The number of hydrogen-bond acceptors (Lipinski definition) is 1. The van der Waals surface area contributed by atoms with Crippen molar-refractivity contribution in [2.45, 2.75) is 0 Å². The quantitative estimate of drug-likeness (QED) is 0.160. The Hall–Kier alpha value is -10.1. The van der Waals surface area contributed by atoms with Crippen LogP contribution < -0.4 is 0 Å². The molecule has 0 aliphatic heterocycles. The predicted molar refractivity (Wildman–Crippen MR) is 331 cm³/mol. The molecular weight excluding hydrogens is 929 g/mol. The SMILES string of the molecule is c1ccc2c(c1)ccc1ccc3cc(-c4ccc5cc(-c6ccc7c(c6)oc6cc(-c8ccc9cc(-c%10cc%11ccc%12ccc%13ccccc%13c%12c%11c%11ccccc%10%11)ccc9c8)ccc67)ccc5c4)c4ccccc4c3c12.